The van der Waals surface area contributed by atoms with Crippen LogP contribution < -0.4 is 10.1 Å². The van der Waals surface area contributed by atoms with Gasteiger partial charge in [-0.25, -0.2) is 0 Å². The molecule has 0 radical (unpaired) electrons. The summed E-state index contributed by atoms with van der Waals surface area (Å²) in [5.41, 5.74) is 2.02. The number of benzene rings is 2. The highest BCUT2D eigenvalue weighted by molar-refractivity contribution is 7.13. The molecule has 4 aromatic rings. The number of carbonyl (C=O) groups is 2. The van der Waals surface area contributed by atoms with Crippen LogP contribution in [0.4, 0.5) is 0 Å². The lowest BCUT2D eigenvalue weighted by atomic mass is 9.94. The Morgan fingerprint density at radius 1 is 1.09 bits per heavy atom. The molecule has 7 nitrogen and oxygen atoms in total. The van der Waals surface area contributed by atoms with Crippen molar-refractivity contribution in [3.05, 3.63) is 95.0 Å². The molecule has 178 valence electrons. The fourth-order valence-electron chi connectivity index (χ4n) is 4.32. The number of methoxy groups -OCH3 is 1. The third-order valence-corrected chi connectivity index (χ3v) is 7.25. The van der Waals surface area contributed by atoms with Gasteiger partial charge in [-0.05, 0) is 47.7 Å². The summed E-state index contributed by atoms with van der Waals surface area (Å²) in [6, 6.07) is 23.0. The van der Waals surface area contributed by atoms with Gasteiger partial charge in [0, 0.05) is 13.1 Å². The van der Waals surface area contributed by atoms with E-state index in [2.05, 4.69) is 10.4 Å². The molecule has 2 aromatic carbocycles. The van der Waals surface area contributed by atoms with Gasteiger partial charge in [-0.1, -0.05) is 48.5 Å². The molecule has 2 aromatic heterocycles. The van der Waals surface area contributed by atoms with E-state index < -0.39 is 5.54 Å². The van der Waals surface area contributed by atoms with Crippen molar-refractivity contribution in [2.45, 2.75) is 32.1 Å². The molecule has 0 saturated heterocycles. The van der Waals surface area contributed by atoms with Crippen LogP contribution in [0.25, 0.3) is 10.6 Å². The van der Waals surface area contributed by atoms with Crippen molar-refractivity contribution in [2.75, 3.05) is 7.11 Å². The SMILES string of the molecule is COc1ccc(CNC(=O)[C@@]2(C)Cn3nc(-c4cccs4)cc3C(=O)N2Cc2ccccc2)cc1. The number of hydrogen-bond donors (Lipinski definition) is 1. The summed E-state index contributed by atoms with van der Waals surface area (Å²) in [6.45, 7) is 2.75. The number of ether oxygens (including phenoxy) is 1. The molecule has 5 rings (SSSR count). The zero-order chi connectivity index (χ0) is 24.4. The van der Waals surface area contributed by atoms with Gasteiger partial charge in [0.2, 0.25) is 5.91 Å². The summed E-state index contributed by atoms with van der Waals surface area (Å²) < 4.78 is 6.88. The van der Waals surface area contributed by atoms with Crippen LogP contribution in [0.1, 0.15) is 28.5 Å². The second kappa shape index (κ2) is 9.38. The van der Waals surface area contributed by atoms with Crippen LogP contribution in [-0.2, 0) is 24.4 Å². The monoisotopic (exact) mass is 486 g/mol. The van der Waals surface area contributed by atoms with E-state index in [0.29, 0.717) is 18.8 Å². The summed E-state index contributed by atoms with van der Waals surface area (Å²) in [4.78, 5) is 30.0. The molecule has 1 N–H and O–H groups in total. The van der Waals surface area contributed by atoms with E-state index in [4.69, 9.17) is 4.74 Å². The lowest BCUT2D eigenvalue weighted by molar-refractivity contribution is -0.133. The normalized spacial score (nSPS) is 17.2. The first-order valence-corrected chi connectivity index (χ1v) is 12.2. The van der Waals surface area contributed by atoms with Crippen LogP contribution in [0.2, 0.25) is 0 Å². The van der Waals surface area contributed by atoms with E-state index in [0.717, 1.165) is 27.4 Å². The van der Waals surface area contributed by atoms with Gasteiger partial charge in [0.25, 0.3) is 5.91 Å². The number of nitrogens with one attached hydrogen (secondary N) is 1. The molecule has 8 heteroatoms. The fourth-order valence-corrected chi connectivity index (χ4v) is 5.00. The molecule has 0 bridgehead atoms. The molecule has 0 fully saturated rings. The number of rotatable bonds is 7. The summed E-state index contributed by atoms with van der Waals surface area (Å²) in [5.74, 6) is 0.320. The van der Waals surface area contributed by atoms with Crippen LogP contribution in [0.5, 0.6) is 5.75 Å². The highest BCUT2D eigenvalue weighted by atomic mass is 32.1. The fraction of sp³-hybridized carbons (Fsp3) is 0.222. The van der Waals surface area contributed by atoms with Crippen molar-refractivity contribution in [2.24, 2.45) is 0 Å². The largest absolute Gasteiger partial charge is 0.497 e. The van der Waals surface area contributed by atoms with E-state index in [1.165, 1.54) is 0 Å². The molecular weight excluding hydrogens is 460 g/mol. The average molecular weight is 487 g/mol. The Morgan fingerprint density at radius 3 is 2.54 bits per heavy atom. The van der Waals surface area contributed by atoms with Crippen LogP contribution >= 0.6 is 11.3 Å². The summed E-state index contributed by atoms with van der Waals surface area (Å²) >= 11 is 1.57. The van der Waals surface area contributed by atoms with Gasteiger partial charge in [-0.15, -0.1) is 11.3 Å². The van der Waals surface area contributed by atoms with Crippen molar-refractivity contribution < 1.29 is 14.3 Å². The first-order chi connectivity index (χ1) is 17.0. The van der Waals surface area contributed by atoms with Crippen LogP contribution in [0.3, 0.4) is 0 Å². The number of hydrogen-bond acceptors (Lipinski definition) is 5. The van der Waals surface area contributed by atoms with Crippen molar-refractivity contribution in [3.8, 4) is 16.3 Å². The molecule has 2 amide bonds. The Balaban J connectivity index is 1.45. The van der Waals surface area contributed by atoms with E-state index >= 15 is 0 Å². The average Bonchev–Trinajstić information content (AvgIpc) is 3.56. The lowest BCUT2D eigenvalue weighted by Gasteiger charge is -2.43. The van der Waals surface area contributed by atoms with Gasteiger partial charge in [0.1, 0.15) is 22.7 Å². The summed E-state index contributed by atoms with van der Waals surface area (Å²) in [7, 11) is 1.62. The first kappa shape index (κ1) is 22.9. The highest BCUT2D eigenvalue weighted by Gasteiger charge is 2.48. The minimum absolute atomic E-state index is 0.211. The Kier molecular flexibility index (Phi) is 6.13. The lowest BCUT2D eigenvalue weighted by Crippen LogP contribution is -2.63. The summed E-state index contributed by atoms with van der Waals surface area (Å²) in [5, 5.41) is 9.70. The Morgan fingerprint density at radius 2 is 1.86 bits per heavy atom. The van der Waals surface area contributed by atoms with Gasteiger partial charge in [-0.2, -0.15) is 5.10 Å². The molecule has 0 unspecified atom stereocenters. The predicted octanol–water partition coefficient (Wildman–Crippen LogP) is 4.35. The second-order valence-corrected chi connectivity index (χ2v) is 9.68. The zero-order valence-electron chi connectivity index (χ0n) is 19.6. The third-order valence-electron chi connectivity index (χ3n) is 6.36. The topological polar surface area (TPSA) is 76.5 Å². The highest BCUT2D eigenvalue weighted by Crippen LogP contribution is 2.32. The van der Waals surface area contributed by atoms with Gasteiger partial charge in [0.15, 0.2) is 0 Å². The van der Waals surface area contributed by atoms with Gasteiger partial charge in [0.05, 0.1) is 18.5 Å². The molecular formula is C27H26N4O3S. The quantitative estimate of drug-likeness (QED) is 0.421. The first-order valence-electron chi connectivity index (χ1n) is 11.4. The number of fused-ring (bicyclic) bond motifs is 1. The maximum Gasteiger partial charge on any atom is 0.273 e. The number of amides is 2. The van der Waals surface area contributed by atoms with Crippen LogP contribution in [0, 0.1) is 0 Å². The van der Waals surface area contributed by atoms with Crippen molar-refractivity contribution in [1.29, 1.82) is 0 Å². The molecule has 3 heterocycles. The van der Waals surface area contributed by atoms with Crippen molar-refractivity contribution >= 4 is 23.2 Å². The Bertz CT molecular complexity index is 1330. The molecule has 1 aliphatic rings. The van der Waals surface area contributed by atoms with Gasteiger partial charge >= 0.3 is 0 Å². The van der Waals surface area contributed by atoms with Crippen LogP contribution in [-0.4, -0.2) is 39.1 Å². The maximum absolute atomic E-state index is 13.7. The third kappa shape index (κ3) is 4.44. The second-order valence-electron chi connectivity index (χ2n) is 8.73. The van der Waals surface area contributed by atoms with E-state index in [-0.39, 0.29) is 18.4 Å². The number of nitrogens with zero attached hydrogens (tertiary/aromatic N) is 3. The molecule has 0 saturated carbocycles. The van der Waals surface area contributed by atoms with Gasteiger partial charge < -0.3 is 15.0 Å². The van der Waals surface area contributed by atoms with Gasteiger partial charge in [-0.3, -0.25) is 14.3 Å². The maximum atomic E-state index is 13.7. The number of thiophene rings is 1. The Labute approximate surface area is 208 Å². The smallest absolute Gasteiger partial charge is 0.273 e. The van der Waals surface area contributed by atoms with E-state index in [1.54, 1.807) is 28.0 Å². The minimum Gasteiger partial charge on any atom is -0.497 e. The Hall–Kier alpha value is -3.91. The standard InChI is InChI=1S/C27H26N4O3S/c1-27(26(33)28-16-19-10-12-21(34-2)13-11-19)18-31-23(15-22(29-31)24-9-6-14-35-24)25(32)30(27)17-20-7-4-3-5-8-20/h3-15H,16-18H2,1-2H3,(H,28,33)/t27-/m1/s1. The molecule has 0 aliphatic carbocycles. The molecule has 1 aliphatic heterocycles. The molecule has 1 atom stereocenters. The van der Waals surface area contributed by atoms with Crippen molar-refractivity contribution in [3.63, 3.8) is 0 Å². The molecule has 35 heavy (non-hydrogen) atoms. The predicted molar refractivity (Wildman–Crippen MR) is 135 cm³/mol. The van der Waals surface area contributed by atoms with E-state index in [1.807, 2.05) is 85.1 Å². The number of aromatic nitrogens is 2. The van der Waals surface area contributed by atoms with E-state index in [9.17, 15) is 9.59 Å². The molecule has 0 spiro atoms. The van der Waals surface area contributed by atoms with Crippen LogP contribution in [0.15, 0.2) is 78.2 Å². The summed E-state index contributed by atoms with van der Waals surface area (Å²) in [6.07, 6.45) is 0. The zero-order valence-corrected chi connectivity index (χ0v) is 20.4. The minimum atomic E-state index is -1.12. The number of carbonyl (C=O) groups excluding carboxylic acids is 2. The van der Waals surface area contributed by atoms with Crippen molar-refractivity contribution in [1.82, 2.24) is 20.0 Å².